The lowest BCUT2D eigenvalue weighted by Crippen LogP contribution is -2.54. The van der Waals surface area contributed by atoms with Crippen molar-refractivity contribution in [2.24, 2.45) is 34.5 Å². The molecule has 4 rings (SSSR count). The van der Waals surface area contributed by atoms with Gasteiger partial charge in [0, 0.05) is 25.0 Å². The molecule has 0 bridgehead atoms. The normalized spacial score (nSPS) is 55.0. The summed E-state index contributed by atoms with van der Waals surface area (Å²) in [6, 6.07) is 0. The Bertz CT molecular complexity index is 431. The van der Waals surface area contributed by atoms with Crippen molar-refractivity contribution in [3.8, 4) is 0 Å². The number of carbonyl (C=O) groups is 1. The van der Waals surface area contributed by atoms with Crippen LogP contribution in [-0.2, 0) is 9.53 Å². The second kappa shape index (κ2) is 4.32. The molecule has 4 aliphatic rings. The highest BCUT2D eigenvalue weighted by Gasteiger charge is 2.59. The molecule has 0 radical (unpaired) electrons. The summed E-state index contributed by atoms with van der Waals surface area (Å²) in [5.74, 6) is 3.71. The molecule has 0 N–H and O–H groups in total. The average molecular weight is 276 g/mol. The van der Waals surface area contributed by atoms with Gasteiger partial charge in [-0.25, -0.2) is 0 Å². The van der Waals surface area contributed by atoms with Crippen LogP contribution < -0.4 is 0 Å². The van der Waals surface area contributed by atoms with Crippen molar-refractivity contribution < 1.29 is 9.53 Å². The third kappa shape index (κ3) is 1.58. The summed E-state index contributed by atoms with van der Waals surface area (Å²) in [6.45, 7) is 6.76. The van der Waals surface area contributed by atoms with Gasteiger partial charge in [-0.2, -0.15) is 0 Å². The molecule has 2 nitrogen and oxygen atoms in total. The maximum atomic E-state index is 12.3. The topological polar surface area (TPSA) is 26.3 Å². The number of fused-ring (bicyclic) bond motifs is 5. The first-order valence-electron chi connectivity index (χ1n) is 8.67. The maximum absolute atomic E-state index is 12.3. The number of ketones is 1. The second-order valence-electron chi connectivity index (χ2n) is 8.40. The lowest BCUT2D eigenvalue weighted by atomic mass is 9.47. The minimum Gasteiger partial charge on any atom is -0.381 e. The van der Waals surface area contributed by atoms with Crippen LogP contribution in [0, 0.1) is 34.5 Å². The SMILES string of the molecule is CC12CCC3C(CCC4COCCC43C)C1CCC2=O. The van der Waals surface area contributed by atoms with E-state index in [0.717, 1.165) is 43.8 Å². The van der Waals surface area contributed by atoms with Crippen molar-refractivity contribution >= 4 is 5.78 Å². The van der Waals surface area contributed by atoms with Crippen LogP contribution in [0.15, 0.2) is 0 Å². The van der Waals surface area contributed by atoms with Gasteiger partial charge in [-0.05, 0) is 67.6 Å². The van der Waals surface area contributed by atoms with Crippen LogP contribution in [0.25, 0.3) is 0 Å². The van der Waals surface area contributed by atoms with Gasteiger partial charge in [0.05, 0.1) is 0 Å². The molecule has 0 aromatic heterocycles. The number of rotatable bonds is 0. The monoisotopic (exact) mass is 276 g/mol. The van der Waals surface area contributed by atoms with E-state index >= 15 is 0 Å². The standard InChI is InChI=1S/C18H28O2/c1-17-9-10-20-11-12(17)3-4-13-14-5-6-16(19)18(14,2)8-7-15(13)17/h12-15H,3-11H2,1-2H3. The summed E-state index contributed by atoms with van der Waals surface area (Å²) >= 11 is 0. The summed E-state index contributed by atoms with van der Waals surface area (Å²) in [5.41, 5.74) is 0.531. The first kappa shape index (κ1) is 13.3. The van der Waals surface area contributed by atoms with Crippen molar-refractivity contribution in [1.29, 1.82) is 0 Å². The highest BCUT2D eigenvalue weighted by molar-refractivity contribution is 5.87. The Hall–Kier alpha value is -0.370. The molecule has 0 spiro atoms. The molecule has 1 heterocycles. The fourth-order valence-corrected chi connectivity index (χ4v) is 6.49. The summed E-state index contributed by atoms with van der Waals surface area (Å²) in [5, 5.41) is 0. The van der Waals surface area contributed by atoms with E-state index in [2.05, 4.69) is 13.8 Å². The molecule has 1 saturated heterocycles. The zero-order valence-electron chi connectivity index (χ0n) is 13.0. The van der Waals surface area contributed by atoms with E-state index in [1.807, 2.05) is 0 Å². The molecule has 2 heteroatoms. The molecule has 0 aromatic carbocycles. The molecule has 1 aliphatic heterocycles. The Morgan fingerprint density at radius 3 is 2.75 bits per heavy atom. The van der Waals surface area contributed by atoms with Crippen molar-refractivity contribution in [1.82, 2.24) is 0 Å². The molecular formula is C18H28O2. The first-order valence-corrected chi connectivity index (χ1v) is 8.67. The fourth-order valence-electron chi connectivity index (χ4n) is 6.49. The molecule has 3 aliphatic carbocycles. The largest absolute Gasteiger partial charge is 0.381 e. The molecule has 20 heavy (non-hydrogen) atoms. The number of Topliss-reactive ketones (excluding diaryl/α,β-unsaturated/α-hetero) is 1. The summed E-state index contributed by atoms with van der Waals surface area (Å²) in [4.78, 5) is 12.3. The third-order valence-corrected chi connectivity index (χ3v) is 7.88. The Labute approximate surface area is 122 Å². The van der Waals surface area contributed by atoms with E-state index in [1.54, 1.807) is 0 Å². The van der Waals surface area contributed by atoms with E-state index in [-0.39, 0.29) is 5.41 Å². The summed E-state index contributed by atoms with van der Waals surface area (Å²) in [7, 11) is 0. The minimum atomic E-state index is 0.0372. The quantitative estimate of drug-likeness (QED) is 0.672. The van der Waals surface area contributed by atoms with Gasteiger partial charge in [0.2, 0.25) is 0 Å². The minimum absolute atomic E-state index is 0.0372. The van der Waals surface area contributed by atoms with Crippen LogP contribution in [0.5, 0.6) is 0 Å². The van der Waals surface area contributed by atoms with E-state index in [4.69, 9.17) is 4.74 Å². The zero-order chi connectivity index (χ0) is 14.0. The molecule has 112 valence electrons. The summed E-state index contributed by atoms with van der Waals surface area (Å²) < 4.78 is 5.75. The van der Waals surface area contributed by atoms with Gasteiger partial charge in [-0.3, -0.25) is 4.79 Å². The van der Waals surface area contributed by atoms with Crippen LogP contribution >= 0.6 is 0 Å². The van der Waals surface area contributed by atoms with Gasteiger partial charge in [-0.15, -0.1) is 0 Å². The van der Waals surface area contributed by atoms with Crippen LogP contribution in [0.2, 0.25) is 0 Å². The Kier molecular flexibility index (Phi) is 2.87. The first-order chi connectivity index (χ1) is 9.56. The number of hydrogen-bond donors (Lipinski definition) is 0. The molecule has 3 saturated carbocycles. The Morgan fingerprint density at radius 2 is 1.90 bits per heavy atom. The molecule has 0 aromatic rings. The van der Waals surface area contributed by atoms with E-state index in [0.29, 0.717) is 17.1 Å². The number of carbonyl (C=O) groups excluding carboxylic acids is 1. The van der Waals surface area contributed by atoms with Crippen molar-refractivity contribution in [2.45, 2.75) is 58.8 Å². The zero-order valence-corrected chi connectivity index (χ0v) is 13.0. The van der Waals surface area contributed by atoms with E-state index < -0.39 is 0 Å². The predicted molar refractivity (Wildman–Crippen MR) is 78.3 cm³/mol. The van der Waals surface area contributed by atoms with Gasteiger partial charge in [0.15, 0.2) is 0 Å². The predicted octanol–water partition coefficient (Wildman–Crippen LogP) is 3.83. The van der Waals surface area contributed by atoms with E-state index in [1.165, 1.54) is 32.1 Å². The maximum Gasteiger partial charge on any atom is 0.139 e. The van der Waals surface area contributed by atoms with Gasteiger partial charge in [0.25, 0.3) is 0 Å². The van der Waals surface area contributed by atoms with Crippen molar-refractivity contribution in [3.05, 3.63) is 0 Å². The average Bonchev–Trinajstić information content (AvgIpc) is 2.74. The van der Waals surface area contributed by atoms with Crippen LogP contribution in [0.4, 0.5) is 0 Å². The number of ether oxygens (including phenoxy) is 1. The molecule has 0 amide bonds. The molecular weight excluding hydrogens is 248 g/mol. The Balaban J connectivity index is 1.66. The van der Waals surface area contributed by atoms with Gasteiger partial charge in [0.1, 0.15) is 5.78 Å². The molecule has 6 atom stereocenters. The Morgan fingerprint density at radius 1 is 1.05 bits per heavy atom. The van der Waals surface area contributed by atoms with Gasteiger partial charge >= 0.3 is 0 Å². The molecule has 4 fully saturated rings. The van der Waals surface area contributed by atoms with Crippen LogP contribution in [0.1, 0.15) is 58.8 Å². The third-order valence-electron chi connectivity index (χ3n) is 7.88. The highest BCUT2D eigenvalue weighted by atomic mass is 16.5. The van der Waals surface area contributed by atoms with Crippen LogP contribution in [-0.4, -0.2) is 19.0 Å². The lowest BCUT2D eigenvalue weighted by Gasteiger charge is -2.59. The molecule has 6 unspecified atom stereocenters. The smallest absolute Gasteiger partial charge is 0.139 e. The number of hydrogen-bond acceptors (Lipinski definition) is 2. The van der Waals surface area contributed by atoms with Crippen molar-refractivity contribution in [2.75, 3.05) is 13.2 Å². The lowest BCUT2D eigenvalue weighted by molar-refractivity contribution is -0.152. The second-order valence-corrected chi connectivity index (χ2v) is 8.40. The van der Waals surface area contributed by atoms with E-state index in [9.17, 15) is 4.79 Å². The van der Waals surface area contributed by atoms with Crippen molar-refractivity contribution in [3.63, 3.8) is 0 Å². The van der Waals surface area contributed by atoms with Gasteiger partial charge in [-0.1, -0.05) is 13.8 Å². The van der Waals surface area contributed by atoms with Gasteiger partial charge < -0.3 is 4.74 Å². The van der Waals surface area contributed by atoms with Crippen LogP contribution in [0.3, 0.4) is 0 Å². The highest BCUT2D eigenvalue weighted by Crippen LogP contribution is 2.64. The summed E-state index contributed by atoms with van der Waals surface area (Å²) in [6.07, 6.45) is 8.40. The fraction of sp³-hybridized carbons (Fsp3) is 0.944.